The summed E-state index contributed by atoms with van der Waals surface area (Å²) in [4.78, 5) is 15.8. The van der Waals surface area contributed by atoms with Gasteiger partial charge < -0.3 is 15.8 Å². The Morgan fingerprint density at radius 2 is 1.85 bits per heavy atom. The molecule has 1 aromatic heterocycles. The van der Waals surface area contributed by atoms with Crippen LogP contribution in [0.15, 0.2) is 24.3 Å². The number of nitrogens with zero attached hydrogens (tertiary/aromatic N) is 4. The van der Waals surface area contributed by atoms with Gasteiger partial charge in [0.25, 0.3) is 0 Å². The van der Waals surface area contributed by atoms with Crippen molar-refractivity contribution >= 4 is 17.8 Å². The number of benzene rings is 1. The maximum atomic E-state index is 11.7. The summed E-state index contributed by atoms with van der Waals surface area (Å²) >= 11 is 0. The van der Waals surface area contributed by atoms with Crippen LogP contribution in [0.25, 0.3) is 0 Å². The Morgan fingerprint density at radius 3 is 2.53 bits per heavy atom. The van der Waals surface area contributed by atoms with Crippen LogP contribution in [-0.4, -0.2) is 45.4 Å². The zero-order chi connectivity index (χ0) is 24.6. The fourth-order valence-electron chi connectivity index (χ4n) is 3.81. The van der Waals surface area contributed by atoms with Gasteiger partial charge >= 0.3 is 0 Å². The molecule has 0 aliphatic heterocycles. The van der Waals surface area contributed by atoms with Crippen LogP contribution >= 0.6 is 0 Å². The highest BCUT2D eigenvalue weighted by Crippen LogP contribution is 2.16. The van der Waals surface area contributed by atoms with Gasteiger partial charge in [0.1, 0.15) is 5.75 Å². The second kappa shape index (κ2) is 15.9. The molecule has 34 heavy (non-hydrogen) atoms. The predicted molar refractivity (Wildman–Crippen MR) is 137 cm³/mol. The summed E-state index contributed by atoms with van der Waals surface area (Å²) < 4.78 is 7.54. The third-order valence-electron chi connectivity index (χ3n) is 5.52. The first kappa shape index (κ1) is 27.4. The van der Waals surface area contributed by atoms with Crippen molar-refractivity contribution in [1.82, 2.24) is 25.2 Å². The van der Waals surface area contributed by atoms with Crippen LogP contribution in [-0.2, 0) is 18.4 Å². The molecule has 0 radical (unpaired) electrons. The van der Waals surface area contributed by atoms with E-state index in [-0.39, 0.29) is 11.9 Å². The molecule has 0 atom stereocenters. The number of unbranched alkanes of at least 4 members (excludes halogenated alkanes) is 7. The first-order chi connectivity index (χ1) is 16.5. The number of hydrazine groups is 1. The summed E-state index contributed by atoms with van der Waals surface area (Å²) in [6.45, 7) is 6.60. The lowest BCUT2D eigenvalue weighted by Gasteiger charge is -2.23. The summed E-state index contributed by atoms with van der Waals surface area (Å²) in [5.74, 6) is 1.70. The molecule has 0 saturated carbocycles. The largest absolute Gasteiger partial charge is 0.494 e. The van der Waals surface area contributed by atoms with Gasteiger partial charge in [0, 0.05) is 33.6 Å². The minimum Gasteiger partial charge on any atom is -0.494 e. The molecule has 1 aromatic carbocycles. The van der Waals surface area contributed by atoms with Crippen molar-refractivity contribution in [3.63, 3.8) is 0 Å². The summed E-state index contributed by atoms with van der Waals surface area (Å²) in [5.41, 5.74) is 9.67. The minimum atomic E-state index is -0.0378. The average Bonchev–Trinajstić information content (AvgIpc) is 3.12. The number of nitrogen functional groups attached to an aromatic ring is 1. The molecule has 0 aliphatic carbocycles. The van der Waals surface area contributed by atoms with Gasteiger partial charge in [-0.25, -0.2) is 9.69 Å². The van der Waals surface area contributed by atoms with E-state index in [0.29, 0.717) is 25.6 Å². The normalized spacial score (nSPS) is 11.1. The van der Waals surface area contributed by atoms with Gasteiger partial charge in [0.05, 0.1) is 6.61 Å². The summed E-state index contributed by atoms with van der Waals surface area (Å²) in [6.07, 6.45) is 11.0. The molecule has 0 aliphatic rings. The van der Waals surface area contributed by atoms with Crippen LogP contribution in [0.3, 0.4) is 0 Å². The number of amides is 1. The Balaban J connectivity index is 1.71. The van der Waals surface area contributed by atoms with Crippen LogP contribution in [0.4, 0.5) is 11.9 Å². The second-order valence-corrected chi connectivity index (χ2v) is 8.76. The van der Waals surface area contributed by atoms with E-state index in [4.69, 9.17) is 10.5 Å². The Kier molecular flexibility index (Phi) is 12.9. The van der Waals surface area contributed by atoms with Crippen molar-refractivity contribution in [3.8, 4) is 5.75 Å². The Morgan fingerprint density at radius 1 is 1.12 bits per heavy atom. The molecule has 1 heterocycles. The summed E-state index contributed by atoms with van der Waals surface area (Å²) in [5, 5.41) is 9.22. The van der Waals surface area contributed by atoms with Crippen LogP contribution in [0, 0.1) is 0 Å². The molecule has 0 spiro atoms. The quantitative estimate of drug-likeness (QED) is 0.219. The highest BCUT2D eigenvalue weighted by Gasteiger charge is 2.09. The van der Waals surface area contributed by atoms with Gasteiger partial charge in [-0.1, -0.05) is 64.0 Å². The van der Waals surface area contributed by atoms with E-state index in [9.17, 15) is 4.79 Å². The van der Waals surface area contributed by atoms with Gasteiger partial charge in [0.15, 0.2) is 0 Å². The number of ether oxygens (including phenoxy) is 1. The van der Waals surface area contributed by atoms with Crippen LogP contribution in [0.5, 0.6) is 5.75 Å². The number of anilines is 2. The number of hydrogen-bond acceptors (Lipinski definition) is 7. The Bertz CT molecular complexity index is 840. The van der Waals surface area contributed by atoms with Gasteiger partial charge in [-0.2, -0.15) is 4.98 Å². The maximum Gasteiger partial charge on any atom is 0.241 e. The number of rotatable bonds is 18. The molecular weight excluding hydrogens is 430 g/mol. The van der Waals surface area contributed by atoms with E-state index >= 15 is 0 Å². The van der Waals surface area contributed by atoms with E-state index in [2.05, 4.69) is 33.8 Å². The molecular formula is C25H43N7O2. The number of aromatic nitrogens is 3. The second-order valence-electron chi connectivity index (χ2n) is 8.76. The van der Waals surface area contributed by atoms with Crippen molar-refractivity contribution in [2.45, 2.75) is 78.2 Å². The molecule has 0 bridgehead atoms. The van der Waals surface area contributed by atoms with Crippen molar-refractivity contribution in [2.24, 2.45) is 7.05 Å². The smallest absolute Gasteiger partial charge is 0.241 e. The molecule has 190 valence electrons. The minimum absolute atomic E-state index is 0.0378. The first-order valence-corrected chi connectivity index (χ1v) is 12.6. The lowest BCUT2D eigenvalue weighted by atomic mass is 10.1. The fourth-order valence-corrected chi connectivity index (χ4v) is 3.81. The summed E-state index contributed by atoms with van der Waals surface area (Å²) in [7, 11) is 1.80. The molecule has 9 nitrogen and oxygen atoms in total. The molecule has 2 aromatic rings. The fraction of sp³-hybridized carbons (Fsp3) is 0.640. The van der Waals surface area contributed by atoms with Crippen molar-refractivity contribution in [1.29, 1.82) is 0 Å². The number of aryl methyl sites for hydroxylation is 1. The number of nitrogens with one attached hydrogen (secondary N) is 2. The molecule has 1 amide bonds. The maximum absolute atomic E-state index is 11.7. The van der Waals surface area contributed by atoms with Crippen molar-refractivity contribution in [3.05, 3.63) is 29.8 Å². The van der Waals surface area contributed by atoms with E-state index in [1.807, 2.05) is 23.2 Å². The van der Waals surface area contributed by atoms with Crippen molar-refractivity contribution in [2.75, 3.05) is 30.7 Å². The number of hydrogen-bond donors (Lipinski definition) is 3. The zero-order valence-electron chi connectivity index (χ0n) is 21.2. The van der Waals surface area contributed by atoms with Gasteiger partial charge in [0.2, 0.25) is 17.8 Å². The third kappa shape index (κ3) is 11.4. The van der Waals surface area contributed by atoms with Crippen LogP contribution in [0.2, 0.25) is 0 Å². The topological polar surface area (TPSA) is 110 Å². The Labute approximate surface area is 204 Å². The Hall–Kier alpha value is -2.81. The first-order valence-electron chi connectivity index (χ1n) is 12.6. The number of nitrogens with two attached hydrogens (primary N) is 1. The standard InChI is InChI=1S/C25H43N7O2/c1-4-5-6-7-8-9-10-11-17-32(29-21(2)33)20-22-14-12-15-23(19-22)34-18-13-16-27-25-28-24(26)30-31(25)3/h12,14-15,19H,4-11,13,16-18,20H2,1-3H3,(H,29,33)(H3,26,27,28,30). The summed E-state index contributed by atoms with van der Waals surface area (Å²) in [6, 6.07) is 8.06. The average molecular weight is 474 g/mol. The number of carbonyl (C=O) groups excluding carboxylic acids is 1. The third-order valence-corrected chi connectivity index (χ3v) is 5.52. The van der Waals surface area contributed by atoms with Crippen molar-refractivity contribution < 1.29 is 9.53 Å². The van der Waals surface area contributed by atoms with Gasteiger partial charge in [-0.05, 0) is 30.5 Å². The molecule has 4 N–H and O–H groups in total. The van der Waals surface area contributed by atoms with E-state index in [1.54, 1.807) is 18.7 Å². The number of carbonyl (C=O) groups is 1. The highest BCUT2D eigenvalue weighted by atomic mass is 16.5. The molecule has 0 fully saturated rings. The van der Waals surface area contributed by atoms with Gasteiger partial charge in [-0.3, -0.25) is 10.2 Å². The highest BCUT2D eigenvalue weighted by molar-refractivity contribution is 5.72. The zero-order valence-corrected chi connectivity index (χ0v) is 21.2. The lowest BCUT2D eigenvalue weighted by Crippen LogP contribution is -2.41. The van der Waals surface area contributed by atoms with Crippen LogP contribution < -0.4 is 21.2 Å². The predicted octanol–water partition coefficient (Wildman–Crippen LogP) is 4.27. The van der Waals surface area contributed by atoms with Gasteiger partial charge in [-0.15, -0.1) is 5.10 Å². The van der Waals surface area contributed by atoms with E-state index in [0.717, 1.165) is 30.7 Å². The molecule has 0 unspecified atom stereocenters. The lowest BCUT2D eigenvalue weighted by molar-refractivity contribution is -0.124. The molecule has 9 heteroatoms. The SMILES string of the molecule is CCCCCCCCCCN(Cc1cccc(OCCCNc2nc(N)nn2C)c1)NC(C)=O. The van der Waals surface area contributed by atoms with Crippen LogP contribution in [0.1, 0.15) is 77.2 Å². The molecule has 2 rings (SSSR count). The monoisotopic (exact) mass is 473 g/mol. The van der Waals surface area contributed by atoms with E-state index in [1.165, 1.54) is 44.9 Å². The van der Waals surface area contributed by atoms with E-state index < -0.39 is 0 Å². The molecule has 0 saturated heterocycles.